The predicted molar refractivity (Wildman–Crippen MR) is 34.7 cm³/mol. The van der Waals surface area contributed by atoms with Crippen molar-refractivity contribution in [3.8, 4) is 0 Å². The molecule has 0 aliphatic heterocycles. The molecule has 0 unspecified atom stereocenters. The Bertz CT molecular complexity index is 126. The second kappa shape index (κ2) is 1.37. The minimum Gasteiger partial charge on any atom is -0.0704 e. The molecule has 0 fully saturated rings. The van der Waals surface area contributed by atoms with Crippen LogP contribution < -0.4 is 0 Å². The molecule has 0 spiro atoms. The van der Waals surface area contributed by atoms with Gasteiger partial charge >= 0.3 is 0 Å². The van der Waals surface area contributed by atoms with E-state index in [-0.39, 0.29) is 0 Å². The van der Waals surface area contributed by atoms with Gasteiger partial charge in [-0.2, -0.15) is 0 Å². The molecule has 0 saturated carbocycles. The van der Waals surface area contributed by atoms with Crippen LogP contribution in [-0.2, 0) is 0 Å². The van der Waals surface area contributed by atoms with E-state index < -0.39 is 0 Å². The van der Waals surface area contributed by atoms with Crippen molar-refractivity contribution in [1.29, 1.82) is 0 Å². The summed E-state index contributed by atoms with van der Waals surface area (Å²) < 4.78 is 0. The summed E-state index contributed by atoms with van der Waals surface area (Å²) in [7, 11) is 0. The molecule has 0 heteroatoms. The van der Waals surface area contributed by atoms with E-state index in [1.54, 1.807) is 11.1 Å². The average Bonchev–Trinajstić information content (AvgIpc) is 1.91. The highest BCUT2D eigenvalue weighted by molar-refractivity contribution is 5.29. The minimum atomic E-state index is 0.988. The van der Waals surface area contributed by atoms with Gasteiger partial charge in [-0.15, -0.1) is 0 Å². The Balaban J connectivity index is 2.17. The molecule has 8 heavy (non-hydrogen) atoms. The average molecular weight is 108 g/mol. The van der Waals surface area contributed by atoms with Crippen molar-refractivity contribution in [1.82, 2.24) is 0 Å². The van der Waals surface area contributed by atoms with Gasteiger partial charge in [-0.3, -0.25) is 0 Å². The molecule has 44 valence electrons. The Kier molecular flexibility index (Phi) is 0.787. The van der Waals surface area contributed by atoms with Crippen molar-refractivity contribution in [2.45, 2.75) is 32.6 Å². The lowest BCUT2D eigenvalue weighted by molar-refractivity contribution is 0.627. The summed E-state index contributed by atoms with van der Waals surface area (Å²) in [4.78, 5) is 0. The summed E-state index contributed by atoms with van der Waals surface area (Å²) >= 11 is 0. The second-order valence-corrected chi connectivity index (χ2v) is 3.22. The van der Waals surface area contributed by atoms with Crippen LogP contribution in [0.5, 0.6) is 0 Å². The summed E-state index contributed by atoms with van der Waals surface area (Å²) in [5.74, 6) is 0.988. The molecular weight excluding hydrogens is 96.1 g/mol. The third kappa shape index (κ3) is 0.460. The van der Waals surface area contributed by atoms with Crippen LogP contribution in [0.3, 0.4) is 0 Å². The fourth-order valence-corrected chi connectivity index (χ4v) is 1.88. The summed E-state index contributed by atoms with van der Waals surface area (Å²) in [6, 6.07) is 0. The summed E-state index contributed by atoms with van der Waals surface area (Å²) in [6.45, 7) is 2.36. The van der Waals surface area contributed by atoms with E-state index in [4.69, 9.17) is 0 Å². The Morgan fingerprint density at radius 2 is 1.62 bits per heavy atom. The van der Waals surface area contributed by atoms with Crippen molar-refractivity contribution >= 4 is 0 Å². The Morgan fingerprint density at radius 3 is 1.88 bits per heavy atom. The fraction of sp³-hybridized carbons (Fsp3) is 0.750. The topological polar surface area (TPSA) is 0 Å². The Labute approximate surface area is 50.6 Å². The molecule has 0 aromatic rings. The van der Waals surface area contributed by atoms with Crippen LogP contribution in [0, 0.1) is 5.92 Å². The molecule has 2 aliphatic carbocycles. The molecule has 0 atom stereocenters. The molecule has 0 heterocycles. The smallest absolute Gasteiger partial charge is 0.0280 e. The fourth-order valence-electron chi connectivity index (χ4n) is 1.88. The zero-order chi connectivity index (χ0) is 5.56. The van der Waals surface area contributed by atoms with Gasteiger partial charge in [0, 0.05) is 0 Å². The number of hydrogen-bond donors (Lipinski definition) is 0. The first-order valence-corrected chi connectivity index (χ1v) is 3.56. The Hall–Kier alpha value is -0.260. The van der Waals surface area contributed by atoms with Crippen LogP contribution >= 0.6 is 0 Å². The van der Waals surface area contributed by atoms with E-state index in [0.717, 1.165) is 5.92 Å². The first-order valence-electron chi connectivity index (χ1n) is 3.56. The largest absolute Gasteiger partial charge is 0.0704 e. The predicted octanol–water partition coefficient (Wildman–Crippen LogP) is 2.51. The monoisotopic (exact) mass is 108 g/mol. The maximum atomic E-state index is 2.36. The van der Waals surface area contributed by atoms with Crippen molar-refractivity contribution in [3.05, 3.63) is 11.1 Å². The summed E-state index contributed by atoms with van der Waals surface area (Å²) in [5, 5.41) is 0. The number of hydrogen-bond acceptors (Lipinski definition) is 0. The molecule has 0 radical (unpaired) electrons. The molecule has 0 amide bonds. The van der Waals surface area contributed by atoms with Crippen LogP contribution in [-0.4, -0.2) is 0 Å². The van der Waals surface area contributed by atoms with E-state index in [1.165, 1.54) is 25.7 Å². The van der Waals surface area contributed by atoms with Crippen LogP contribution in [0.25, 0.3) is 0 Å². The Morgan fingerprint density at radius 1 is 1.12 bits per heavy atom. The number of rotatable bonds is 0. The summed E-state index contributed by atoms with van der Waals surface area (Å²) in [6.07, 6.45) is 5.71. The van der Waals surface area contributed by atoms with E-state index >= 15 is 0 Å². The maximum Gasteiger partial charge on any atom is -0.0280 e. The maximum absolute atomic E-state index is 2.36. The van der Waals surface area contributed by atoms with Crippen LogP contribution in [0.4, 0.5) is 0 Å². The van der Waals surface area contributed by atoms with Crippen LogP contribution in [0.15, 0.2) is 11.1 Å². The van der Waals surface area contributed by atoms with Gasteiger partial charge in [-0.05, 0) is 31.6 Å². The van der Waals surface area contributed by atoms with Gasteiger partial charge in [-0.1, -0.05) is 18.1 Å². The van der Waals surface area contributed by atoms with Crippen LogP contribution in [0.2, 0.25) is 0 Å². The molecule has 0 aromatic carbocycles. The highest BCUT2D eigenvalue weighted by Crippen LogP contribution is 2.43. The molecule has 0 N–H and O–H groups in total. The standard InChI is InChI=1S/C8H12/c1-6-4-7-2-3-8(7)5-6/h6H,2-5H2,1H3. The van der Waals surface area contributed by atoms with Crippen LogP contribution in [0.1, 0.15) is 32.6 Å². The second-order valence-electron chi connectivity index (χ2n) is 3.22. The van der Waals surface area contributed by atoms with Crippen molar-refractivity contribution in [2.75, 3.05) is 0 Å². The lowest BCUT2D eigenvalue weighted by Crippen LogP contribution is -1.95. The molecule has 2 aliphatic rings. The van der Waals surface area contributed by atoms with Gasteiger partial charge in [0.05, 0.1) is 0 Å². The minimum absolute atomic E-state index is 0.988. The van der Waals surface area contributed by atoms with E-state index in [1.807, 2.05) is 0 Å². The van der Waals surface area contributed by atoms with Crippen molar-refractivity contribution in [2.24, 2.45) is 5.92 Å². The molecular formula is C8H12. The third-order valence-electron chi connectivity index (χ3n) is 2.42. The first kappa shape index (κ1) is 4.60. The molecule has 0 saturated heterocycles. The molecule has 0 bridgehead atoms. The normalized spacial score (nSPS) is 28.1. The van der Waals surface area contributed by atoms with Gasteiger partial charge in [0.1, 0.15) is 0 Å². The third-order valence-corrected chi connectivity index (χ3v) is 2.42. The van der Waals surface area contributed by atoms with Crippen molar-refractivity contribution in [3.63, 3.8) is 0 Å². The molecule has 0 nitrogen and oxygen atoms in total. The van der Waals surface area contributed by atoms with Gasteiger partial charge in [0.25, 0.3) is 0 Å². The lowest BCUT2D eigenvalue weighted by Gasteiger charge is -2.14. The first-order chi connectivity index (χ1) is 3.86. The zero-order valence-electron chi connectivity index (χ0n) is 5.41. The summed E-state index contributed by atoms with van der Waals surface area (Å²) in [5.41, 5.74) is 3.61. The quantitative estimate of drug-likeness (QED) is 0.418. The van der Waals surface area contributed by atoms with Gasteiger partial charge in [-0.25, -0.2) is 0 Å². The molecule has 2 rings (SSSR count). The highest BCUT2D eigenvalue weighted by atomic mass is 14.3. The van der Waals surface area contributed by atoms with E-state index in [0.29, 0.717) is 0 Å². The zero-order valence-corrected chi connectivity index (χ0v) is 5.41. The van der Waals surface area contributed by atoms with Crippen molar-refractivity contribution < 1.29 is 0 Å². The highest BCUT2D eigenvalue weighted by Gasteiger charge is 2.26. The molecule has 0 aromatic heterocycles. The number of allylic oxidation sites excluding steroid dienone is 2. The SMILES string of the molecule is CC1CC2=C(CC2)C1. The van der Waals surface area contributed by atoms with Gasteiger partial charge in [0.2, 0.25) is 0 Å². The van der Waals surface area contributed by atoms with E-state index in [9.17, 15) is 0 Å². The lowest BCUT2D eigenvalue weighted by atomic mass is 9.92. The van der Waals surface area contributed by atoms with Gasteiger partial charge in [0.15, 0.2) is 0 Å². The van der Waals surface area contributed by atoms with E-state index in [2.05, 4.69) is 6.92 Å². The van der Waals surface area contributed by atoms with Gasteiger partial charge < -0.3 is 0 Å².